The molecular formula is C25H31N3O2S. The molecule has 6 heteroatoms. The molecule has 0 unspecified atom stereocenters. The van der Waals surface area contributed by atoms with E-state index in [4.69, 9.17) is 22.2 Å². The van der Waals surface area contributed by atoms with Crippen LogP contribution in [0, 0.1) is 11.3 Å². The molecule has 0 saturated heterocycles. The van der Waals surface area contributed by atoms with Crippen LogP contribution in [-0.2, 0) is 6.42 Å². The zero-order valence-electron chi connectivity index (χ0n) is 18.2. The number of rotatable bonds is 12. The maximum Gasteiger partial charge on any atom is 0.261 e. The molecule has 2 aromatic carbocycles. The molecule has 0 fully saturated rings. The average molecular weight is 438 g/mol. The predicted molar refractivity (Wildman–Crippen MR) is 128 cm³/mol. The summed E-state index contributed by atoms with van der Waals surface area (Å²) in [5.41, 5.74) is 1.64. The Hall–Kier alpha value is -2.91. The lowest BCUT2D eigenvalue weighted by Crippen LogP contribution is -2.44. The van der Waals surface area contributed by atoms with Gasteiger partial charge in [-0.3, -0.25) is 10.1 Å². The van der Waals surface area contributed by atoms with E-state index in [2.05, 4.69) is 30.4 Å². The predicted octanol–water partition coefficient (Wildman–Crippen LogP) is 5.12. The van der Waals surface area contributed by atoms with Crippen molar-refractivity contribution in [3.05, 3.63) is 65.7 Å². The number of para-hydroxylation sites is 1. The summed E-state index contributed by atoms with van der Waals surface area (Å²) in [7, 11) is 0. The Morgan fingerprint density at radius 3 is 2.55 bits per heavy atom. The monoisotopic (exact) mass is 437 g/mol. The van der Waals surface area contributed by atoms with Gasteiger partial charge in [0.15, 0.2) is 5.11 Å². The van der Waals surface area contributed by atoms with Crippen molar-refractivity contribution in [2.75, 3.05) is 19.7 Å². The van der Waals surface area contributed by atoms with E-state index in [9.17, 15) is 4.79 Å². The molecule has 5 nitrogen and oxygen atoms in total. The number of unbranched alkanes of at least 4 members (excludes halogenated alkanes) is 3. The Kier molecular flexibility index (Phi) is 11.1. The first kappa shape index (κ1) is 24.4. The number of carbonyl (C=O) groups is 1. The van der Waals surface area contributed by atoms with Crippen LogP contribution in [0.4, 0.5) is 0 Å². The van der Waals surface area contributed by atoms with E-state index in [1.54, 1.807) is 12.1 Å². The van der Waals surface area contributed by atoms with Crippen LogP contribution in [0.2, 0.25) is 0 Å². The Balaban J connectivity index is 1.97. The molecule has 2 rings (SSSR count). The van der Waals surface area contributed by atoms with Crippen molar-refractivity contribution < 1.29 is 9.53 Å². The molecule has 164 valence electrons. The summed E-state index contributed by atoms with van der Waals surface area (Å²) in [5, 5.41) is 12.1. The maximum absolute atomic E-state index is 12.9. The summed E-state index contributed by atoms with van der Waals surface area (Å²) >= 11 is 5.50. The fourth-order valence-electron chi connectivity index (χ4n) is 3.14. The van der Waals surface area contributed by atoms with Gasteiger partial charge in [0.05, 0.1) is 24.7 Å². The van der Waals surface area contributed by atoms with Crippen LogP contribution in [-0.4, -0.2) is 35.6 Å². The average Bonchev–Trinajstić information content (AvgIpc) is 2.79. The number of hydrogen-bond acceptors (Lipinski definition) is 4. The number of nitriles is 1. The first-order valence-electron chi connectivity index (χ1n) is 10.9. The second-order valence-electron chi connectivity index (χ2n) is 7.30. The molecular weight excluding hydrogens is 406 g/mol. The van der Waals surface area contributed by atoms with Gasteiger partial charge in [0.1, 0.15) is 5.75 Å². The smallest absolute Gasteiger partial charge is 0.261 e. The summed E-state index contributed by atoms with van der Waals surface area (Å²) in [4.78, 5) is 14.8. The van der Waals surface area contributed by atoms with E-state index in [0.717, 1.165) is 19.3 Å². The third-order valence-corrected chi connectivity index (χ3v) is 5.26. The van der Waals surface area contributed by atoms with Gasteiger partial charge in [-0.15, -0.1) is 0 Å². The molecule has 0 spiro atoms. The highest BCUT2D eigenvalue weighted by Gasteiger charge is 2.17. The first-order chi connectivity index (χ1) is 15.2. The van der Waals surface area contributed by atoms with E-state index in [1.165, 1.54) is 18.4 Å². The third-order valence-electron chi connectivity index (χ3n) is 4.90. The minimum atomic E-state index is -0.296. The normalized spacial score (nSPS) is 10.2. The lowest BCUT2D eigenvalue weighted by Gasteiger charge is -2.24. The van der Waals surface area contributed by atoms with Gasteiger partial charge in [-0.1, -0.05) is 68.7 Å². The standard InChI is InChI=1S/C25H31N3O2S/c1-2-3-4-10-20-30-23-15-9-8-14-22(23)24(29)27-25(31)28(18-11-17-26)19-16-21-12-6-5-7-13-21/h5-9,12-15H,2-4,10-11,16,18-20H2,1H3,(H,27,29,31). The van der Waals surface area contributed by atoms with Crippen LogP contribution in [0.1, 0.15) is 54.9 Å². The number of ether oxygens (including phenoxy) is 1. The van der Waals surface area contributed by atoms with Gasteiger partial charge in [-0.05, 0) is 42.8 Å². The number of thiocarbonyl (C=S) groups is 1. The van der Waals surface area contributed by atoms with Crippen molar-refractivity contribution in [3.63, 3.8) is 0 Å². The molecule has 0 aliphatic heterocycles. The van der Waals surface area contributed by atoms with Gasteiger partial charge in [0.25, 0.3) is 5.91 Å². The minimum absolute atomic E-state index is 0.296. The highest BCUT2D eigenvalue weighted by Crippen LogP contribution is 2.18. The van der Waals surface area contributed by atoms with Gasteiger partial charge < -0.3 is 9.64 Å². The molecule has 0 saturated carbocycles. The summed E-state index contributed by atoms with van der Waals surface area (Å²) in [5.74, 6) is 0.267. The number of nitrogens with zero attached hydrogens (tertiary/aromatic N) is 2. The summed E-state index contributed by atoms with van der Waals surface area (Å²) < 4.78 is 5.86. The molecule has 0 heterocycles. The zero-order chi connectivity index (χ0) is 22.3. The third kappa shape index (κ3) is 8.77. The quantitative estimate of drug-likeness (QED) is 0.369. The van der Waals surface area contributed by atoms with Crippen molar-refractivity contribution in [2.24, 2.45) is 0 Å². The maximum atomic E-state index is 12.9. The fraction of sp³-hybridized carbons (Fsp3) is 0.400. The molecule has 0 radical (unpaired) electrons. The Morgan fingerprint density at radius 1 is 1.06 bits per heavy atom. The number of hydrogen-bond donors (Lipinski definition) is 1. The van der Waals surface area contributed by atoms with Crippen molar-refractivity contribution in [2.45, 2.75) is 45.4 Å². The molecule has 0 aliphatic rings. The number of carbonyl (C=O) groups excluding carboxylic acids is 1. The number of benzene rings is 2. The lowest BCUT2D eigenvalue weighted by molar-refractivity contribution is 0.0969. The Bertz CT molecular complexity index is 865. The Labute approximate surface area is 191 Å². The van der Waals surface area contributed by atoms with Crippen molar-refractivity contribution in [1.82, 2.24) is 10.2 Å². The van der Waals surface area contributed by atoms with Gasteiger partial charge in [-0.25, -0.2) is 0 Å². The summed E-state index contributed by atoms with van der Waals surface area (Å²) in [6.07, 6.45) is 5.54. The fourth-order valence-corrected chi connectivity index (χ4v) is 3.42. The summed E-state index contributed by atoms with van der Waals surface area (Å²) in [6, 6.07) is 19.4. The van der Waals surface area contributed by atoms with Crippen LogP contribution in [0.3, 0.4) is 0 Å². The van der Waals surface area contributed by atoms with Gasteiger partial charge in [0.2, 0.25) is 0 Å². The van der Waals surface area contributed by atoms with Crippen molar-refractivity contribution >= 4 is 23.2 Å². The molecule has 0 aliphatic carbocycles. The largest absolute Gasteiger partial charge is 0.493 e. The first-order valence-corrected chi connectivity index (χ1v) is 11.3. The van der Waals surface area contributed by atoms with Gasteiger partial charge in [0, 0.05) is 13.1 Å². The lowest BCUT2D eigenvalue weighted by atomic mass is 10.1. The van der Waals surface area contributed by atoms with Crippen LogP contribution in [0.25, 0.3) is 0 Å². The second-order valence-corrected chi connectivity index (χ2v) is 7.68. The molecule has 0 aromatic heterocycles. The molecule has 1 amide bonds. The van der Waals surface area contributed by atoms with Crippen LogP contribution >= 0.6 is 12.2 Å². The van der Waals surface area contributed by atoms with Crippen molar-refractivity contribution in [1.29, 1.82) is 5.26 Å². The molecule has 2 aromatic rings. The van der Waals surface area contributed by atoms with E-state index >= 15 is 0 Å². The van der Waals surface area contributed by atoms with Gasteiger partial charge in [-0.2, -0.15) is 5.26 Å². The topological polar surface area (TPSA) is 65.4 Å². The van der Waals surface area contributed by atoms with E-state index in [0.29, 0.717) is 42.5 Å². The van der Waals surface area contributed by atoms with E-state index < -0.39 is 0 Å². The molecule has 0 atom stereocenters. The van der Waals surface area contributed by atoms with Crippen LogP contribution in [0.5, 0.6) is 5.75 Å². The van der Waals surface area contributed by atoms with Crippen molar-refractivity contribution in [3.8, 4) is 11.8 Å². The van der Waals surface area contributed by atoms with Crippen LogP contribution < -0.4 is 10.1 Å². The molecule has 0 bridgehead atoms. The van der Waals surface area contributed by atoms with Crippen LogP contribution in [0.15, 0.2) is 54.6 Å². The van der Waals surface area contributed by atoms with Gasteiger partial charge >= 0.3 is 0 Å². The summed E-state index contributed by atoms with van der Waals surface area (Å²) in [6.45, 7) is 3.85. The SMILES string of the molecule is CCCCCCOc1ccccc1C(=O)NC(=S)N(CCC#N)CCc1ccccc1. The Morgan fingerprint density at radius 2 is 1.81 bits per heavy atom. The highest BCUT2D eigenvalue weighted by molar-refractivity contribution is 7.80. The minimum Gasteiger partial charge on any atom is -0.493 e. The molecule has 1 N–H and O–H groups in total. The number of amides is 1. The second kappa shape index (κ2) is 14.2. The van der Waals surface area contributed by atoms with E-state index in [-0.39, 0.29) is 5.91 Å². The molecule has 31 heavy (non-hydrogen) atoms. The number of nitrogens with one attached hydrogen (secondary N) is 1. The van der Waals surface area contributed by atoms with E-state index in [1.807, 2.05) is 35.2 Å². The zero-order valence-corrected chi connectivity index (χ0v) is 19.0. The highest BCUT2D eigenvalue weighted by atomic mass is 32.1.